The van der Waals surface area contributed by atoms with Crippen molar-refractivity contribution in [3.05, 3.63) is 66.2 Å². The maximum Gasteiger partial charge on any atom is 0.254 e. The molecule has 13 nitrogen and oxygen atoms in total. The molecule has 5 rings (SSSR count). The fourth-order valence-corrected chi connectivity index (χ4v) is 4.47. The van der Waals surface area contributed by atoms with Gasteiger partial charge in [0, 0.05) is 49.7 Å². The van der Waals surface area contributed by atoms with Crippen molar-refractivity contribution in [2.24, 2.45) is 0 Å². The van der Waals surface area contributed by atoms with E-state index in [1.807, 2.05) is 17.9 Å². The largest absolute Gasteiger partial charge is 0.495 e. The summed E-state index contributed by atoms with van der Waals surface area (Å²) in [6.45, 7) is 5.38. The average Bonchev–Trinajstić information content (AvgIpc) is 3.50. The van der Waals surface area contributed by atoms with Crippen LogP contribution >= 0.6 is 0 Å². The number of nitriles is 1. The Bertz CT molecular complexity index is 1530. The highest BCUT2D eigenvalue weighted by Crippen LogP contribution is 2.30. The number of benzene rings is 2. The Morgan fingerprint density at radius 3 is 2.54 bits per heavy atom. The van der Waals surface area contributed by atoms with Gasteiger partial charge in [0.1, 0.15) is 30.0 Å². The van der Waals surface area contributed by atoms with Crippen LogP contribution in [-0.4, -0.2) is 92.3 Å². The summed E-state index contributed by atoms with van der Waals surface area (Å²) in [4.78, 5) is 26.1. The van der Waals surface area contributed by atoms with Gasteiger partial charge in [0.2, 0.25) is 5.95 Å². The molecule has 1 aliphatic rings. The Labute approximate surface area is 237 Å². The van der Waals surface area contributed by atoms with Crippen molar-refractivity contribution in [1.29, 1.82) is 5.26 Å². The number of nitrogens with one attached hydrogen (secondary N) is 1. The summed E-state index contributed by atoms with van der Waals surface area (Å²) in [6, 6.07) is 12.8. The highest BCUT2D eigenvalue weighted by molar-refractivity contribution is 5.96. The summed E-state index contributed by atoms with van der Waals surface area (Å²) in [5.74, 6) is 1.33. The van der Waals surface area contributed by atoms with E-state index in [0.717, 1.165) is 24.2 Å². The zero-order valence-corrected chi connectivity index (χ0v) is 23.1. The molecule has 0 saturated carbocycles. The van der Waals surface area contributed by atoms with Gasteiger partial charge in [-0.2, -0.15) is 5.26 Å². The van der Waals surface area contributed by atoms with E-state index in [0.29, 0.717) is 53.9 Å². The number of tetrazole rings is 1. The van der Waals surface area contributed by atoms with E-state index in [4.69, 9.17) is 9.47 Å². The molecule has 1 unspecified atom stereocenters. The van der Waals surface area contributed by atoms with Crippen molar-refractivity contribution in [3.8, 4) is 28.7 Å². The van der Waals surface area contributed by atoms with Crippen molar-refractivity contribution in [1.82, 2.24) is 40.0 Å². The molecule has 3 heterocycles. The molecule has 0 aliphatic carbocycles. The number of aromatic nitrogens is 6. The van der Waals surface area contributed by atoms with Crippen LogP contribution in [0.15, 0.2) is 55.1 Å². The van der Waals surface area contributed by atoms with Gasteiger partial charge in [0.15, 0.2) is 0 Å². The Morgan fingerprint density at radius 2 is 1.85 bits per heavy atom. The molecule has 2 aromatic carbocycles. The third-order valence-corrected chi connectivity index (χ3v) is 6.73. The van der Waals surface area contributed by atoms with E-state index in [-0.39, 0.29) is 12.0 Å². The van der Waals surface area contributed by atoms with Crippen molar-refractivity contribution >= 4 is 17.5 Å². The van der Waals surface area contributed by atoms with Crippen LogP contribution in [0.3, 0.4) is 0 Å². The summed E-state index contributed by atoms with van der Waals surface area (Å²) in [6.07, 6.45) is 4.58. The number of hydrogen-bond acceptors (Lipinski definition) is 11. The normalized spacial score (nSPS) is 14.2. The number of anilines is 2. The number of carbonyl (C=O) groups excluding carboxylic acids is 1. The quantitative estimate of drug-likeness (QED) is 0.326. The van der Waals surface area contributed by atoms with E-state index in [2.05, 4.69) is 48.8 Å². The topological polar surface area (TPSA) is 147 Å². The summed E-state index contributed by atoms with van der Waals surface area (Å²) < 4.78 is 13.1. The van der Waals surface area contributed by atoms with E-state index in [9.17, 15) is 10.1 Å². The zero-order chi connectivity index (χ0) is 28.8. The van der Waals surface area contributed by atoms with Crippen LogP contribution in [0.5, 0.6) is 11.5 Å². The molecule has 1 N–H and O–H groups in total. The van der Waals surface area contributed by atoms with Gasteiger partial charge in [0.25, 0.3) is 5.91 Å². The Hall–Kier alpha value is -5.09. The predicted octanol–water partition coefficient (Wildman–Crippen LogP) is 2.61. The smallest absolute Gasteiger partial charge is 0.254 e. The van der Waals surface area contributed by atoms with Gasteiger partial charge in [-0.3, -0.25) is 4.79 Å². The van der Waals surface area contributed by atoms with Crippen LogP contribution < -0.4 is 14.8 Å². The van der Waals surface area contributed by atoms with Gasteiger partial charge in [-0.1, -0.05) is 6.07 Å². The molecule has 0 radical (unpaired) electrons. The van der Waals surface area contributed by atoms with Crippen molar-refractivity contribution in [2.45, 2.75) is 19.6 Å². The number of carbonyl (C=O) groups is 1. The zero-order valence-electron chi connectivity index (χ0n) is 23.1. The van der Waals surface area contributed by atoms with Crippen molar-refractivity contribution < 1.29 is 14.3 Å². The molecule has 1 atom stereocenters. The number of likely N-dealkylation sites (N-methyl/N-ethyl adjacent to an activating group) is 1. The molecule has 1 saturated heterocycles. The van der Waals surface area contributed by atoms with E-state index in [1.54, 1.807) is 54.5 Å². The maximum atomic E-state index is 13.1. The fraction of sp³-hybridized carbons (Fsp3) is 0.321. The second-order valence-electron chi connectivity index (χ2n) is 9.71. The minimum atomic E-state index is -0.280. The van der Waals surface area contributed by atoms with Crippen molar-refractivity contribution in [3.63, 3.8) is 0 Å². The summed E-state index contributed by atoms with van der Waals surface area (Å²) in [5, 5.41) is 23.8. The van der Waals surface area contributed by atoms with Gasteiger partial charge >= 0.3 is 0 Å². The number of amides is 1. The number of ether oxygens (including phenoxy) is 2. The van der Waals surface area contributed by atoms with E-state index >= 15 is 0 Å². The minimum absolute atomic E-state index is 0.0221. The number of piperazine rings is 1. The Morgan fingerprint density at radius 1 is 1.07 bits per heavy atom. The van der Waals surface area contributed by atoms with Crippen LogP contribution in [0, 0.1) is 11.3 Å². The predicted molar refractivity (Wildman–Crippen MR) is 150 cm³/mol. The van der Waals surface area contributed by atoms with Gasteiger partial charge in [-0.05, 0) is 60.3 Å². The molecular weight excluding hydrogens is 524 g/mol. The van der Waals surface area contributed by atoms with Crippen LogP contribution in [-0.2, 0) is 6.54 Å². The molecule has 1 amide bonds. The Balaban J connectivity index is 1.31. The second-order valence-corrected chi connectivity index (χ2v) is 9.71. The van der Waals surface area contributed by atoms with Crippen LogP contribution in [0.4, 0.5) is 11.6 Å². The summed E-state index contributed by atoms with van der Waals surface area (Å²) in [7, 11) is 3.62. The van der Waals surface area contributed by atoms with Gasteiger partial charge in [0.05, 0.1) is 24.9 Å². The molecule has 1 fully saturated rings. The highest BCUT2D eigenvalue weighted by atomic mass is 16.5. The molecule has 1 aliphatic heterocycles. The number of rotatable bonds is 9. The lowest BCUT2D eigenvalue weighted by molar-refractivity contribution is 0.0664. The van der Waals surface area contributed by atoms with Crippen molar-refractivity contribution in [2.75, 3.05) is 45.7 Å². The van der Waals surface area contributed by atoms with Gasteiger partial charge < -0.3 is 24.6 Å². The Kier molecular flexibility index (Phi) is 8.31. The minimum Gasteiger partial charge on any atom is -0.495 e. The monoisotopic (exact) mass is 554 g/mol. The maximum absolute atomic E-state index is 13.1. The van der Waals surface area contributed by atoms with E-state index < -0.39 is 0 Å². The standard InChI is InChI=1S/C28H30N10O3/c1-19(17-38-18-32-34-35-38)41-26-13-20(4-5-22(26)14-29)23-15-30-28(31-16-23)33-24-12-21(6-7-25(24)40-3)27(39)37-10-8-36(2)9-11-37/h4-7,12-13,15-16,18-19H,8-11,17H2,1-3H3,(H,30,31,33). The van der Waals surface area contributed by atoms with Crippen LogP contribution in [0.1, 0.15) is 22.8 Å². The molecular formula is C28H30N10O3. The first-order valence-electron chi connectivity index (χ1n) is 13.1. The second kappa shape index (κ2) is 12.4. The highest BCUT2D eigenvalue weighted by Gasteiger charge is 2.21. The number of nitrogens with zero attached hydrogens (tertiary/aromatic N) is 9. The van der Waals surface area contributed by atoms with E-state index in [1.165, 1.54) is 6.33 Å². The first-order chi connectivity index (χ1) is 19.9. The number of hydrogen-bond donors (Lipinski definition) is 1. The molecule has 4 aromatic rings. The SMILES string of the molecule is COc1ccc(C(=O)N2CCN(C)CC2)cc1Nc1ncc(-c2ccc(C#N)c(OC(C)Cn3cnnn3)c2)cn1. The lowest BCUT2D eigenvalue weighted by Crippen LogP contribution is -2.47. The molecule has 210 valence electrons. The molecule has 41 heavy (non-hydrogen) atoms. The first kappa shape index (κ1) is 27.5. The molecule has 2 aromatic heterocycles. The molecule has 0 spiro atoms. The third-order valence-electron chi connectivity index (χ3n) is 6.73. The average molecular weight is 555 g/mol. The lowest BCUT2D eigenvalue weighted by atomic mass is 10.1. The summed E-state index contributed by atoms with van der Waals surface area (Å²) >= 11 is 0. The number of methoxy groups -OCH3 is 1. The fourth-order valence-electron chi connectivity index (χ4n) is 4.47. The lowest BCUT2D eigenvalue weighted by Gasteiger charge is -2.32. The van der Waals surface area contributed by atoms with Gasteiger partial charge in [-0.25, -0.2) is 14.6 Å². The third kappa shape index (κ3) is 6.56. The first-order valence-corrected chi connectivity index (χ1v) is 13.1. The van der Waals surface area contributed by atoms with Crippen LogP contribution in [0.25, 0.3) is 11.1 Å². The molecule has 13 heteroatoms. The molecule has 0 bridgehead atoms. The summed E-state index contributed by atoms with van der Waals surface area (Å²) in [5.41, 5.74) is 3.09. The van der Waals surface area contributed by atoms with Gasteiger partial charge in [-0.15, -0.1) is 5.10 Å². The van der Waals surface area contributed by atoms with Crippen LogP contribution in [0.2, 0.25) is 0 Å².